The van der Waals surface area contributed by atoms with E-state index in [4.69, 9.17) is 4.74 Å². The van der Waals surface area contributed by atoms with Crippen molar-refractivity contribution in [1.82, 2.24) is 5.32 Å². The average Bonchev–Trinajstić information content (AvgIpc) is 2.90. The number of carbonyl (C=O) groups excluding carboxylic acids is 1. The predicted octanol–water partition coefficient (Wildman–Crippen LogP) is 2.53. The molecule has 4 nitrogen and oxygen atoms in total. The van der Waals surface area contributed by atoms with Gasteiger partial charge in [-0.05, 0) is 36.1 Å². The van der Waals surface area contributed by atoms with Crippen LogP contribution >= 0.6 is 11.3 Å². The van der Waals surface area contributed by atoms with Crippen molar-refractivity contribution < 1.29 is 14.6 Å². The maximum Gasteiger partial charge on any atom is 0.255 e. The highest BCUT2D eigenvalue weighted by Crippen LogP contribution is 2.23. The Morgan fingerprint density at radius 1 is 1.40 bits per heavy atom. The van der Waals surface area contributed by atoms with Crippen molar-refractivity contribution in [3.05, 3.63) is 51.7 Å². The fourth-order valence-electron chi connectivity index (χ4n) is 1.94. The normalized spacial score (nSPS) is 11.9. The van der Waals surface area contributed by atoms with Gasteiger partial charge in [0.1, 0.15) is 11.9 Å². The summed E-state index contributed by atoms with van der Waals surface area (Å²) in [6.07, 6.45) is -0.686. The molecule has 0 saturated heterocycles. The fraction of sp³-hybridized carbons (Fsp3) is 0.267. The minimum absolute atomic E-state index is 0.179. The molecule has 2 rings (SSSR count). The first-order chi connectivity index (χ1) is 9.63. The molecule has 0 aliphatic heterocycles. The molecule has 1 heterocycles. The van der Waals surface area contributed by atoms with Crippen LogP contribution in [0.5, 0.6) is 5.75 Å². The summed E-state index contributed by atoms with van der Waals surface area (Å²) in [6, 6.07) is 8.95. The minimum atomic E-state index is -0.686. The van der Waals surface area contributed by atoms with Crippen LogP contribution in [0.3, 0.4) is 0 Å². The first-order valence-electron chi connectivity index (χ1n) is 6.26. The highest BCUT2D eigenvalue weighted by molar-refractivity contribution is 7.10. The van der Waals surface area contributed by atoms with Crippen LogP contribution in [-0.4, -0.2) is 24.7 Å². The van der Waals surface area contributed by atoms with Gasteiger partial charge in [-0.25, -0.2) is 0 Å². The van der Waals surface area contributed by atoms with Crippen LogP contribution in [0.1, 0.15) is 26.9 Å². The quantitative estimate of drug-likeness (QED) is 0.890. The van der Waals surface area contributed by atoms with E-state index < -0.39 is 6.10 Å². The molecule has 1 aromatic heterocycles. The van der Waals surface area contributed by atoms with E-state index in [-0.39, 0.29) is 12.5 Å². The monoisotopic (exact) mass is 291 g/mol. The molecule has 2 aromatic rings. The van der Waals surface area contributed by atoms with Crippen molar-refractivity contribution in [2.75, 3.05) is 13.7 Å². The molecule has 106 valence electrons. The van der Waals surface area contributed by atoms with Gasteiger partial charge < -0.3 is 15.2 Å². The number of aliphatic hydroxyl groups is 1. The molecule has 0 aliphatic carbocycles. The molecule has 0 spiro atoms. The van der Waals surface area contributed by atoms with Gasteiger partial charge in [0.2, 0.25) is 0 Å². The molecule has 1 aromatic carbocycles. The molecule has 5 heteroatoms. The number of amides is 1. The van der Waals surface area contributed by atoms with Gasteiger partial charge in [0.05, 0.1) is 12.7 Å². The molecule has 20 heavy (non-hydrogen) atoms. The lowest BCUT2D eigenvalue weighted by atomic mass is 10.1. The lowest BCUT2D eigenvalue weighted by Crippen LogP contribution is -2.28. The van der Waals surface area contributed by atoms with Gasteiger partial charge in [0, 0.05) is 11.4 Å². The molecule has 0 radical (unpaired) electrons. The number of thiophene rings is 1. The molecule has 1 amide bonds. The van der Waals surface area contributed by atoms with Gasteiger partial charge in [0.15, 0.2) is 0 Å². The van der Waals surface area contributed by atoms with Gasteiger partial charge >= 0.3 is 0 Å². The number of aliphatic hydroxyl groups excluding tert-OH is 1. The highest BCUT2D eigenvalue weighted by atomic mass is 32.1. The van der Waals surface area contributed by atoms with E-state index in [1.54, 1.807) is 24.3 Å². The van der Waals surface area contributed by atoms with Crippen LogP contribution in [0.4, 0.5) is 0 Å². The third-order valence-corrected chi connectivity index (χ3v) is 4.13. The maximum atomic E-state index is 12.1. The average molecular weight is 291 g/mol. The smallest absolute Gasteiger partial charge is 0.255 e. The molecular formula is C15H17NO3S. The summed E-state index contributed by atoms with van der Waals surface area (Å²) >= 11 is 1.49. The number of para-hydroxylation sites is 1. The highest BCUT2D eigenvalue weighted by Gasteiger charge is 2.15. The molecule has 0 bridgehead atoms. The number of rotatable bonds is 5. The van der Waals surface area contributed by atoms with E-state index in [0.717, 1.165) is 10.4 Å². The largest absolute Gasteiger partial charge is 0.496 e. The summed E-state index contributed by atoms with van der Waals surface area (Å²) in [4.78, 5) is 13.0. The molecule has 0 aliphatic rings. The number of benzene rings is 1. The third kappa shape index (κ3) is 3.18. The first-order valence-corrected chi connectivity index (χ1v) is 7.14. The van der Waals surface area contributed by atoms with Crippen LogP contribution in [-0.2, 0) is 0 Å². The molecule has 0 fully saturated rings. The lowest BCUT2D eigenvalue weighted by molar-refractivity contribution is 0.0914. The SMILES string of the molecule is COc1ccccc1C(=O)NC[C@H](O)c1sccc1C. The van der Waals surface area contributed by atoms with Crippen LogP contribution in [0.25, 0.3) is 0 Å². The second-order valence-corrected chi connectivity index (χ2v) is 5.34. The number of hydrogen-bond acceptors (Lipinski definition) is 4. The van der Waals surface area contributed by atoms with Crippen LogP contribution in [0.15, 0.2) is 35.7 Å². The number of nitrogens with one attached hydrogen (secondary N) is 1. The predicted molar refractivity (Wildman–Crippen MR) is 79.3 cm³/mol. The zero-order valence-electron chi connectivity index (χ0n) is 11.4. The molecular weight excluding hydrogens is 274 g/mol. The number of aryl methyl sites for hydroxylation is 1. The summed E-state index contributed by atoms with van der Waals surface area (Å²) in [5.74, 6) is 0.266. The Kier molecular flexibility index (Phi) is 4.76. The summed E-state index contributed by atoms with van der Waals surface area (Å²) < 4.78 is 5.14. The number of hydrogen-bond donors (Lipinski definition) is 2. The van der Waals surface area contributed by atoms with Crippen molar-refractivity contribution >= 4 is 17.2 Å². The Bertz CT molecular complexity index is 594. The van der Waals surface area contributed by atoms with E-state index >= 15 is 0 Å². The number of methoxy groups -OCH3 is 1. The maximum absolute atomic E-state index is 12.1. The summed E-state index contributed by atoms with van der Waals surface area (Å²) in [5, 5.41) is 14.7. The summed E-state index contributed by atoms with van der Waals surface area (Å²) in [6.45, 7) is 2.12. The Morgan fingerprint density at radius 3 is 2.80 bits per heavy atom. The summed E-state index contributed by atoms with van der Waals surface area (Å²) in [7, 11) is 1.52. The third-order valence-electron chi connectivity index (χ3n) is 3.01. The summed E-state index contributed by atoms with van der Waals surface area (Å²) in [5.41, 5.74) is 1.50. The molecule has 0 saturated carbocycles. The van der Waals surface area contributed by atoms with Gasteiger partial charge in [-0.1, -0.05) is 12.1 Å². The lowest BCUT2D eigenvalue weighted by Gasteiger charge is -2.13. The minimum Gasteiger partial charge on any atom is -0.496 e. The first kappa shape index (κ1) is 14.6. The molecule has 2 N–H and O–H groups in total. The molecule has 1 atom stereocenters. The second-order valence-electron chi connectivity index (χ2n) is 4.39. The van der Waals surface area contributed by atoms with Crippen molar-refractivity contribution in [2.24, 2.45) is 0 Å². The van der Waals surface area contributed by atoms with Gasteiger partial charge in [-0.3, -0.25) is 4.79 Å². The van der Waals surface area contributed by atoms with E-state index in [1.807, 2.05) is 18.4 Å². The van der Waals surface area contributed by atoms with Gasteiger partial charge in [-0.2, -0.15) is 0 Å². The number of carbonyl (C=O) groups is 1. The van der Waals surface area contributed by atoms with Crippen molar-refractivity contribution in [3.8, 4) is 5.75 Å². The Labute approximate surface area is 122 Å². The topological polar surface area (TPSA) is 58.6 Å². The van der Waals surface area contributed by atoms with E-state index in [2.05, 4.69) is 5.32 Å². The number of ether oxygens (including phenoxy) is 1. The Hall–Kier alpha value is -1.85. The van der Waals surface area contributed by atoms with Crippen LogP contribution in [0, 0.1) is 6.92 Å². The Balaban J connectivity index is 2.00. The van der Waals surface area contributed by atoms with E-state index in [1.165, 1.54) is 18.4 Å². The fourth-order valence-corrected chi connectivity index (χ4v) is 2.85. The van der Waals surface area contributed by atoms with E-state index in [9.17, 15) is 9.90 Å². The van der Waals surface area contributed by atoms with E-state index in [0.29, 0.717) is 11.3 Å². The van der Waals surface area contributed by atoms with Gasteiger partial charge in [0.25, 0.3) is 5.91 Å². The van der Waals surface area contributed by atoms with Crippen LogP contribution in [0.2, 0.25) is 0 Å². The van der Waals surface area contributed by atoms with Crippen molar-refractivity contribution in [3.63, 3.8) is 0 Å². The standard InChI is InChI=1S/C15H17NO3S/c1-10-7-8-20-14(10)12(17)9-16-15(18)11-5-3-4-6-13(11)19-2/h3-8,12,17H,9H2,1-2H3,(H,16,18)/t12-/m0/s1. The van der Waals surface area contributed by atoms with Crippen molar-refractivity contribution in [2.45, 2.75) is 13.0 Å². The zero-order chi connectivity index (χ0) is 14.5. The second kappa shape index (κ2) is 6.54. The van der Waals surface area contributed by atoms with Gasteiger partial charge in [-0.15, -0.1) is 11.3 Å². The Morgan fingerprint density at radius 2 is 2.15 bits per heavy atom. The van der Waals surface area contributed by atoms with Crippen LogP contribution < -0.4 is 10.1 Å². The zero-order valence-corrected chi connectivity index (χ0v) is 12.2. The molecule has 0 unspecified atom stereocenters. The van der Waals surface area contributed by atoms with Crippen molar-refractivity contribution in [1.29, 1.82) is 0 Å².